The molecule has 0 aromatic heterocycles. The summed E-state index contributed by atoms with van der Waals surface area (Å²) < 4.78 is 0. The molecule has 0 rings (SSSR count). The molecule has 0 aliphatic heterocycles. The first-order valence-electron chi connectivity index (χ1n) is 16.1. The zero-order chi connectivity index (χ0) is 25.7. The maximum atomic E-state index is 10.9. The van der Waals surface area contributed by atoms with Crippen LogP contribution in [0.5, 0.6) is 0 Å². The van der Waals surface area contributed by atoms with Crippen LogP contribution in [0.2, 0.25) is 0 Å². The van der Waals surface area contributed by atoms with Crippen LogP contribution < -0.4 is 0 Å². The van der Waals surface area contributed by atoms with Gasteiger partial charge in [0.2, 0.25) is 0 Å². The fourth-order valence-electron chi connectivity index (χ4n) is 5.14. The van der Waals surface area contributed by atoms with E-state index in [0.29, 0.717) is 6.42 Å². The summed E-state index contributed by atoms with van der Waals surface area (Å²) in [5.74, 6) is -0.652. The Hall–Kier alpha value is -0.570. The van der Waals surface area contributed by atoms with Crippen LogP contribution in [-0.4, -0.2) is 35.6 Å². The maximum absolute atomic E-state index is 10.9. The molecule has 0 aliphatic carbocycles. The lowest BCUT2D eigenvalue weighted by Crippen LogP contribution is -2.27. The van der Waals surface area contributed by atoms with E-state index in [4.69, 9.17) is 5.11 Å². The molecule has 0 atom stereocenters. The van der Waals surface area contributed by atoms with Crippen LogP contribution in [0.1, 0.15) is 181 Å². The summed E-state index contributed by atoms with van der Waals surface area (Å²) in [6, 6.07) is 0. The zero-order valence-electron chi connectivity index (χ0n) is 24.3. The van der Waals surface area contributed by atoms with Crippen LogP contribution >= 0.6 is 0 Å². The van der Waals surface area contributed by atoms with Gasteiger partial charge in [0.05, 0.1) is 0 Å². The summed E-state index contributed by atoms with van der Waals surface area (Å²) >= 11 is 0. The molecule has 0 heterocycles. The standard InChI is InChI=1S/C32H65NO2/c1-3-5-7-9-11-13-15-17-19-21-23-25-29-33(31-27-28-32(34)35)30-26-24-22-20-18-16-14-12-10-8-6-4-2/h3-31H2,1-2H3,(H,34,35). The van der Waals surface area contributed by atoms with E-state index in [1.54, 1.807) is 0 Å². The molecular weight excluding hydrogens is 430 g/mol. The van der Waals surface area contributed by atoms with E-state index in [2.05, 4.69) is 18.7 Å². The highest BCUT2D eigenvalue weighted by Crippen LogP contribution is 2.14. The summed E-state index contributed by atoms with van der Waals surface area (Å²) in [7, 11) is 0. The first kappa shape index (κ1) is 34.4. The van der Waals surface area contributed by atoms with Crippen molar-refractivity contribution in [3.63, 3.8) is 0 Å². The Morgan fingerprint density at radius 2 is 0.686 bits per heavy atom. The van der Waals surface area contributed by atoms with Crippen LogP contribution in [0.15, 0.2) is 0 Å². The van der Waals surface area contributed by atoms with Gasteiger partial charge in [-0.2, -0.15) is 0 Å². The normalized spacial score (nSPS) is 11.5. The van der Waals surface area contributed by atoms with E-state index >= 15 is 0 Å². The third-order valence-corrected chi connectivity index (χ3v) is 7.52. The van der Waals surface area contributed by atoms with E-state index in [1.165, 1.54) is 154 Å². The van der Waals surface area contributed by atoms with E-state index in [9.17, 15) is 4.79 Å². The third-order valence-electron chi connectivity index (χ3n) is 7.52. The number of carboxylic acids is 1. The van der Waals surface area contributed by atoms with Gasteiger partial charge in [0.1, 0.15) is 0 Å². The average Bonchev–Trinajstić information content (AvgIpc) is 2.84. The largest absolute Gasteiger partial charge is 0.481 e. The SMILES string of the molecule is CCCCCCCCCCCCCCN(CCCCCCCCCCCCCC)CCCC(=O)O. The quantitative estimate of drug-likeness (QED) is 0.101. The van der Waals surface area contributed by atoms with E-state index in [1.807, 2.05) is 0 Å². The molecule has 35 heavy (non-hydrogen) atoms. The van der Waals surface area contributed by atoms with Crippen molar-refractivity contribution in [2.45, 2.75) is 181 Å². The van der Waals surface area contributed by atoms with Gasteiger partial charge >= 0.3 is 5.97 Å². The Bertz CT molecular complexity index is 384. The smallest absolute Gasteiger partial charge is 0.303 e. The van der Waals surface area contributed by atoms with Crippen molar-refractivity contribution in [2.24, 2.45) is 0 Å². The third kappa shape index (κ3) is 29.5. The molecule has 210 valence electrons. The summed E-state index contributed by atoms with van der Waals surface area (Å²) in [6.07, 6.45) is 34.5. The van der Waals surface area contributed by atoms with Crippen molar-refractivity contribution in [2.75, 3.05) is 19.6 Å². The number of hydrogen-bond acceptors (Lipinski definition) is 2. The van der Waals surface area contributed by atoms with Crippen molar-refractivity contribution < 1.29 is 9.90 Å². The molecule has 3 nitrogen and oxygen atoms in total. The highest BCUT2D eigenvalue weighted by atomic mass is 16.4. The predicted octanol–water partition coefficient (Wildman–Crippen LogP) is 10.6. The van der Waals surface area contributed by atoms with Gasteiger partial charge < -0.3 is 10.0 Å². The van der Waals surface area contributed by atoms with Crippen molar-refractivity contribution in [1.82, 2.24) is 4.90 Å². The lowest BCUT2D eigenvalue weighted by molar-refractivity contribution is -0.137. The Balaban J connectivity index is 3.68. The van der Waals surface area contributed by atoms with Gasteiger partial charge in [-0.15, -0.1) is 0 Å². The molecule has 0 bridgehead atoms. The molecule has 0 aromatic carbocycles. The highest BCUT2D eigenvalue weighted by molar-refractivity contribution is 5.66. The lowest BCUT2D eigenvalue weighted by atomic mass is 10.0. The van der Waals surface area contributed by atoms with Crippen molar-refractivity contribution >= 4 is 5.97 Å². The second-order valence-corrected chi connectivity index (χ2v) is 11.1. The number of hydrogen-bond donors (Lipinski definition) is 1. The first-order chi connectivity index (χ1) is 17.2. The van der Waals surface area contributed by atoms with E-state index < -0.39 is 5.97 Å². The molecule has 0 aromatic rings. The van der Waals surface area contributed by atoms with Gasteiger partial charge in [-0.25, -0.2) is 0 Å². The van der Waals surface area contributed by atoms with Crippen molar-refractivity contribution in [3.05, 3.63) is 0 Å². The minimum Gasteiger partial charge on any atom is -0.481 e. The van der Waals surface area contributed by atoms with Gasteiger partial charge in [-0.05, 0) is 38.9 Å². The van der Waals surface area contributed by atoms with Crippen LogP contribution in [0, 0.1) is 0 Å². The monoisotopic (exact) mass is 496 g/mol. The van der Waals surface area contributed by atoms with E-state index in [-0.39, 0.29) is 0 Å². The van der Waals surface area contributed by atoms with Gasteiger partial charge in [0.25, 0.3) is 0 Å². The van der Waals surface area contributed by atoms with Crippen molar-refractivity contribution in [3.8, 4) is 0 Å². The lowest BCUT2D eigenvalue weighted by Gasteiger charge is -2.22. The molecule has 1 N–H and O–H groups in total. The molecule has 3 heteroatoms. The number of nitrogens with zero attached hydrogens (tertiary/aromatic N) is 1. The second kappa shape index (κ2) is 29.7. The molecule has 0 saturated carbocycles. The molecule has 0 unspecified atom stereocenters. The molecule has 0 saturated heterocycles. The Labute approximate surface area is 221 Å². The van der Waals surface area contributed by atoms with Crippen molar-refractivity contribution in [1.29, 1.82) is 0 Å². The molecule has 0 amide bonds. The highest BCUT2D eigenvalue weighted by Gasteiger charge is 2.06. The predicted molar refractivity (Wildman–Crippen MR) is 155 cm³/mol. The molecular formula is C32H65NO2. The van der Waals surface area contributed by atoms with Crippen LogP contribution in [0.25, 0.3) is 0 Å². The number of carboxylic acid groups (broad SMARTS) is 1. The molecule has 0 radical (unpaired) electrons. The van der Waals surface area contributed by atoms with Crippen LogP contribution in [0.3, 0.4) is 0 Å². The summed E-state index contributed by atoms with van der Waals surface area (Å²) in [4.78, 5) is 13.5. The Morgan fingerprint density at radius 1 is 0.429 bits per heavy atom. The van der Waals surface area contributed by atoms with Gasteiger partial charge in [-0.1, -0.05) is 155 Å². The Kier molecular flexibility index (Phi) is 29.2. The summed E-state index contributed by atoms with van der Waals surface area (Å²) in [5.41, 5.74) is 0. The van der Waals surface area contributed by atoms with Gasteiger partial charge in [0, 0.05) is 6.42 Å². The van der Waals surface area contributed by atoms with Gasteiger partial charge in [-0.3, -0.25) is 4.79 Å². The number of carbonyl (C=O) groups is 1. The fourth-order valence-corrected chi connectivity index (χ4v) is 5.14. The second-order valence-electron chi connectivity index (χ2n) is 11.1. The molecule has 0 aliphatic rings. The van der Waals surface area contributed by atoms with Crippen LogP contribution in [-0.2, 0) is 4.79 Å². The maximum Gasteiger partial charge on any atom is 0.303 e. The van der Waals surface area contributed by atoms with Gasteiger partial charge in [0.15, 0.2) is 0 Å². The number of aliphatic carboxylic acids is 1. The summed E-state index contributed by atoms with van der Waals surface area (Å²) in [6.45, 7) is 7.86. The first-order valence-corrected chi connectivity index (χ1v) is 16.1. The fraction of sp³-hybridized carbons (Fsp3) is 0.969. The molecule has 0 fully saturated rings. The minimum absolute atomic E-state index is 0.313. The van der Waals surface area contributed by atoms with E-state index in [0.717, 1.165) is 26.1 Å². The van der Waals surface area contributed by atoms with Crippen LogP contribution in [0.4, 0.5) is 0 Å². The number of rotatable bonds is 30. The summed E-state index contributed by atoms with van der Waals surface area (Å²) in [5, 5.41) is 8.99. The molecule has 0 spiro atoms. The minimum atomic E-state index is -0.652. The topological polar surface area (TPSA) is 40.5 Å². The Morgan fingerprint density at radius 3 is 0.971 bits per heavy atom. The number of unbranched alkanes of at least 4 members (excludes halogenated alkanes) is 22. The zero-order valence-corrected chi connectivity index (χ0v) is 24.3. The average molecular weight is 496 g/mol.